The number of benzene rings is 2. The summed E-state index contributed by atoms with van der Waals surface area (Å²) in [5.41, 5.74) is 1.12. The van der Waals surface area contributed by atoms with Gasteiger partial charge in [0.15, 0.2) is 0 Å². The largest absolute Gasteiger partial charge is 0.457 e. The fourth-order valence-electron chi connectivity index (χ4n) is 3.71. The minimum atomic E-state index is -4.37. The molecule has 2 aliphatic rings. The molecule has 1 aliphatic heterocycles. The van der Waals surface area contributed by atoms with Crippen molar-refractivity contribution in [1.82, 2.24) is 10.2 Å². The molecule has 0 spiro atoms. The van der Waals surface area contributed by atoms with Crippen LogP contribution in [0.15, 0.2) is 89.0 Å². The van der Waals surface area contributed by atoms with Gasteiger partial charge in [-0.25, -0.2) is 9.38 Å². The molecule has 8 heteroatoms. The number of halogens is 4. The number of hydrogen-bond donors (Lipinski definition) is 1. The second-order valence-electron chi connectivity index (χ2n) is 7.83. The van der Waals surface area contributed by atoms with Crippen LogP contribution in [0.1, 0.15) is 18.1 Å². The molecule has 4 rings (SSSR count). The van der Waals surface area contributed by atoms with Gasteiger partial charge in [-0.2, -0.15) is 13.2 Å². The summed E-state index contributed by atoms with van der Waals surface area (Å²) in [5, 5.41) is 3.31. The lowest BCUT2D eigenvalue weighted by atomic mass is 9.97. The number of likely N-dealkylation sites (N-methyl/N-ethyl adjacent to an activating group) is 1. The van der Waals surface area contributed by atoms with E-state index in [1.807, 2.05) is 37.1 Å². The van der Waals surface area contributed by atoms with E-state index < -0.39 is 17.8 Å². The van der Waals surface area contributed by atoms with Crippen molar-refractivity contribution in [2.45, 2.75) is 25.6 Å². The normalized spacial score (nSPS) is 18.0. The average molecular weight is 457 g/mol. The lowest BCUT2D eigenvalue weighted by Crippen LogP contribution is -2.42. The molecule has 4 nitrogen and oxygen atoms in total. The molecular formula is C25H23F4N3O. The third-order valence-electron chi connectivity index (χ3n) is 5.58. The Hall–Kier alpha value is -3.55. The number of nitrogens with zero attached hydrogens (tertiary/aromatic N) is 2. The maximum atomic E-state index is 14.4. The molecular weight excluding hydrogens is 434 g/mol. The Bertz CT molecular complexity index is 1130. The van der Waals surface area contributed by atoms with E-state index in [-0.39, 0.29) is 5.83 Å². The zero-order valence-corrected chi connectivity index (χ0v) is 18.2. The van der Waals surface area contributed by atoms with Crippen LogP contribution in [0.3, 0.4) is 0 Å². The van der Waals surface area contributed by atoms with Gasteiger partial charge in [0.2, 0.25) is 0 Å². The van der Waals surface area contributed by atoms with Crippen molar-refractivity contribution in [3.8, 4) is 11.5 Å². The van der Waals surface area contributed by atoms with Gasteiger partial charge in [-0.3, -0.25) is 0 Å². The number of nitrogens with one attached hydrogen (secondary N) is 1. The van der Waals surface area contributed by atoms with Crippen molar-refractivity contribution in [2.24, 2.45) is 4.99 Å². The second kappa shape index (κ2) is 9.13. The van der Waals surface area contributed by atoms with Crippen LogP contribution in [0.2, 0.25) is 0 Å². The van der Waals surface area contributed by atoms with Gasteiger partial charge in [0, 0.05) is 19.2 Å². The highest BCUT2D eigenvalue weighted by Gasteiger charge is 2.31. The van der Waals surface area contributed by atoms with Gasteiger partial charge in [-0.05, 0) is 61.4 Å². The third-order valence-corrected chi connectivity index (χ3v) is 5.58. The summed E-state index contributed by atoms with van der Waals surface area (Å²) in [4.78, 5) is 6.38. The molecule has 0 saturated carbocycles. The van der Waals surface area contributed by atoms with Crippen LogP contribution >= 0.6 is 0 Å². The second-order valence-corrected chi connectivity index (χ2v) is 7.83. The van der Waals surface area contributed by atoms with E-state index in [4.69, 9.17) is 4.74 Å². The Morgan fingerprint density at radius 1 is 1.03 bits per heavy atom. The molecule has 172 valence electrons. The topological polar surface area (TPSA) is 36.9 Å². The lowest BCUT2D eigenvalue weighted by molar-refractivity contribution is -0.137. The first-order valence-electron chi connectivity index (χ1n) is 10.5. The summed E-state index contributed by atoms with van der Waals surface area (Å²) in [5.74, 6) is 2.04. The summed E-state index contributed by atoms with van der Waals surface area (Å²) >= 11 is 0. The zero-order chi connectivity index (χ0) is 23.6. The van der Waals surface area contributed by atoms with E-state index in [0.717, 1.165) is 29.1 Å². The Morgan fingerprint density at radius 2 is 1.67 bits per heavy atom. The summed E-state index contributed by atoms with van der Waals surface area (Å²) < 4.78 is 58.0. The van der Waals surface area contributed by atoms with Crippen molar-refractivity contribution in [3.63, 3.8) is 0 Å². The van der Waals surface area contributed by atoms with Gasteiger partial charge in [0.05, 0.1) is 5.56 Å². The Kier molecular flexibility index (Phi) is 6.26. The molecule has 0 amide bonds. The molecule has 0 radical (unpaired) electrons. The summed E-state index contributed by atoms with van der Waals surface area (Å²) in [6.45, 7) is 2.45. The summed E-state index contributed by atoms with van der Waals surface area (Å²) in [6.07, 6.45) is 1.35. The highest BCUT2D eigenvalue weighted by molar-refractivity contribution is 5.83. The molecule has 2 aromatic rings. The molecule has 0 fully saturated rings. The van der Waals surface area contributed by atoms with Gasteiger partial charge in [-0.15, -0.1) is 0 Å². The van der Waals surface area contributed by atoms with Gasteiger partial charge in [-0.1, -0.05) is 24.3 Å². The number of amidine groups is 1. The van der Waals surface area contributed by atoms with Crippen LogP contribution in [0, 0.1) is 0 Å². The van der Waals surface area contributed by atoms with Gasteiger partial charge >= 0.3 is 6.18 Å². The first kappa shape index (κ1) is 22.6. The van der Waals surface area contributed by atoms with E-state index >= 15 is 0 Å². The molecule has 1 unspecified atom stereocenters. The van der Waals surface area contributed by atoms with Crippen LogP contribution in [0.5, 0.6) is 11.5 Å². The highest BCUT2D eigenvalue weighted by atomic mass is 19.4. The molecule has 2 aromatic carbocycles. The summed E-state index contributed by atoms with van der Waals surface area (Å²) in [6, 6.07) is 11.4. The Labute approximate surface area is 189 Å². The van der Waals surface area contributed by atoms with Crippen LogP contribution in [0.4, 0.5) is 17.6 Å². The SMILES string of the molecule is CC1=NC(NCCc2ccc(Oc3ccc(C(F)(F)F)cc3)cc2)=C2C=CC=C(F)C2N1C. The van der Waals surface area contributed by atoms with Crippen molar-refractivity contribution < 1.29 is 22.3 Å². The fraction of sp³-hybridized carbons (Fsp3) is 0.240. The molecule has 1 aliphatic carbocycles. The van der Waals surface area contributed by atoms with Crippen LogP contribution < -0.4 is 10.1 Å². The number of fused-ring (bicyclic) bond motifs is 1. The standard InChI is InChI=1S/C25H23F4N3O/c1-16-31-24(21-4-3-5-22(26)23(21)32(16)2)30-15-14-17-6-10-19(11-7-17)33-20-12-8-18(9-13-20)25(27,28)29/h3-13,23,30H,14-15H2,1-2H3. The molecule has 0 saturated heterocycles. The zero-order valence-electron chi connectivity index (χ0n) is 18.2. The third kappa shape index (κ3) is 5.10. The van der Waals surface area contributed by atoms with Gasteiger partial charge in [0.1, 0.15) is 35.0 Å². The van der Waals surface area contributed by atoms with E-state index in [0.29, 0.717) is 30.3 Å². The fourth-order valence-corrected chi connectivity index (χ4v) is 3.71. The number of ether oxygens (including phenoxy) is 1. The minimum absolute atomic E-state index is 0.216. The molecule has 1 N–H and O–H groups in total. The van der Waals surface area contributed by atoms with Crippen LogP contribution in [-0.4, -0.2) is 30.4 Å². The van der Waals surface area contributed by atoms with E-state index in [1.54, 1.807) is 18.2 Å². The molecule has 33 heavy (non-hydrogen) atoms. The smallest absolute Gasteiger partial charge is 0.416 e. The van der Waals surface area contributed by atoms with E-state index in [2.05, 4.69) is 10.3 Å². The van der Waals surface area contributed by atoms with E-state index in [9.17, 15) is 17.6 Å². The number of allylic oxidation sites excluding steroid dienone is 2. The number of aliphatic imine (C=N–C) groups is 1. The number of hydrogen-bond acceptors (Lipinski definition) is 4. The predicted octanol–water partition coefficient (Wildman–Crippen LogP) is 6.00. The maximum Gasteiger partial charge on any atom is 0.416 e. The average Bonchev–Trinajstić information content (AvgIpc) is 2.78. The predicted molar refractivity (Wildman–Crippen MR) is 120 cm³/mol. The van der Waals surface area contributed by atoms with Crippen molar-refractivity contribution >= 4 is 5.84 Å². The van der Waals surface area contributed by atoms with E-state index in [1.165, 1.54) is 18.2 Å². The first-order chi connectivity index (χ1) is 15.7. The lowest BCUT2D eigenvalue weighted by Gasteiger charge is -2.35. The number of rotatable bonds is 6. The Balaban J connectivity index is 1.35. The van der Waals surface area contributed by atoms with Gasteiger partial charge < -0.3 is 15.0 Å². The van der Waals surface area contributed by atoms with Crippen molar-refractivity contribution in [2.75, 3.05) is 13.6 Å². The monoisotopic (exact) mass is 457 g/mol. The molecule has 0 aromatic heterocycles. The van der Waals surface area contributed by atoms with Crippen molar-refractivity contribution in [3.05, 3.63) is 95.1 Å². The quantitative estimate of drug-likeness (QED) is 0.541. The maximum absolute atomic E-state index is 14.4. The minimum Gasteiger partial charge on any atom is -0.457 e. The van der Waals surface area contributed by atoms with Crippen LogP contribution in [-0.2, 0) is 12.6 Å². The van der Waals surface area contributed by atoms with Crippen molar-refractivity contribution in [1.29, 1.82) is 0 Å². The molecule has 1 heterocycles. The Morgan fingerprint density at radius 3 is 2.30 bits per heavy atom. The molecule has 0 bridgehead atoms. The highest BCUT2D eigenvalue weighted by Crippen LogP contribution is 2.32. The summed E-state index contributed by atoms with van der Waals surface area (Å²) in [7, 11) is 1.82. The van der Waals surface area contributed by atoms with Crippen LogP contribution in [0.25, 0.3) is 0 Å². The van der Waals surface area contributed by atoms with Gasteiger partial charge in [0.25, 0.3) is 0 Å². The molecule has 1 atom stereocenters. The number of alkyl halides is 3. The first-order valence-corrected chi connectivity index (χ1v) is 10.5.